The second-order valence-electron chi connectivity index (χ2n) is 5.17. The summed E-state index contributed by atoms with van der Waals surface area (Å²) in [5, 5.41) is 12.0. The number of amides is 1. The molecule has 4 nitrogen and oxygen atoms in total. The first-order valence-corrected chi connectivity index (χ1v) is 6.75. The van der Waals surface area contributed by atoms with Crippen LogP contribution in [0.5, 0.6) is 0 Å². The van der Waals surface area contributed by atoms with Gasteiger partial charge in [-0.05, 0) is 24.3 Å². The topological polar surface area (TPSA) is 75.3 Å². The van der Waals surface area contributed by atoms with E-state index in [9.17, 15) is 9.90 Å². The molecule has 0 aliphatic carbocycles. The van der Waals surface area contributed by atoms with Gasteiger partial charge in [-0.15, -0.1) is 0 Å². The number of nitrogens with one attached hydrogen (secondary N) is 1. The Morgan fingerprint density at radius 2 is 1.95 bits per heavy atom. The molecule has 106 valence electrons. The SMILES string of the molecule is CC(C)C(CO)NC(=O)C(N)CCc1ccccc1. The molecule has 2 unspecified atom stereocenters. The molecule has 1 rings (SSSR count). The third-order valence-corrected chi connectivity index (χ3v) is 3.25. The lowest BCUT2D eigenvalue weighted by atomic mass is 10.0. The largest absolute Gasteiger partial charge is 0.394 e. The highest BCUT2D eigenvalue weighted by Crippen LogP contribution is 2.05. The predicted octanol–water partition coefficient (Wildman–Crippen LogP) is 1.08. The van der Waals surface area contributed by atoms with Crippen LogP contribution in [0.25, 0.3) is 0 Å². The number of carbonyl (C=O) groups is 1. The fourth-order valence-corrected chi connectivity index (χ4v) is 1.81. The van der Waals surface area contributed by atoms with Crippen LogP contribution in [0, 0.1) is 5.92 Å². The van der Waals surface area contributed by atoms with Crippen LogP contribution in [0.3, 0.4) is 0 Å². The molecule has 0 saturated carbocycles. The van der Waals surface area contributed by atoms with E-state index in [0.29, 0.717) is 6.42 Å². The van der Waals surface area contributed by atoms with Gasteiger partial charge in [-0.1, -0.05) is 44.2 Å². The Balaban J connectivity index is 2.40. The maximum atomic E-state index is 11.9. The molecule has 0 heterocycles. The lowest BCUT2D eigenvalue weighted by Gasteiger charge is -2.22. The molecule has 0 spiro atoms. The van der Waals surface area contributed by atoms with Gasteiger partial charge >= 0.3 is 0 Å². The molecule has 0 aliphatic heterocycles. The molecule has 0 fully saturated rings. The van der Waals surface area contributed by atoms with Crippen molar-refractivity contribution in [3.05, 3.63) is 35.9 Å². The van der Waals surface area contributed by atoms with E-state index in [2.05, 4.69) is 5.32 Å². The molecule has 0 aliphatic rings. The molecule has 2 atom stereocenters. The van der Waals surface area contributed by atoms with Crippen molar-refractivity contribution in [2.45, 2.75) is 38.8 Å². The van der Waals surface area contributed by atoms with E-state index in [1.165, 1.54) is 5.56 Å². The van der Waals surface area contributed by atoms with E-state index in [4.69, 9.17) is 5.73 Å². The van der Waals surface area contributed by atoms with E-state index in [-0.39, 0.29) is 24.5 Å². The van der Waals surface area contributed by atoms with Crippen molar-refractivity contribution < 1.29 is 9.90 Å². The Morgan fingerprint density at radius 1 is 1.32 bits per heavy atom. The van der Waals surface area contributed by atoms with Crippen molar-refractivity contribution in [3.8, 4) is 0 Å². The summed E-state index contributed by atoms with van der Waals surface area (Å²) in [5.74, 6) is -0.000968. The van der Waals surface area contributed by atoms with Crippen LogP contribution in [0.15, 0.2) is 30.3 Å². The number of aliphatic hydroxyl groups excluding tert-OH is 1. The molecule has 4 N–H and O–H groups in total. The molecule has 1 aromatic rings. The number of hydrogen-bond donors (Lipinski definition) is 3. The van der Waals surface area contributed by atoms with Crippen molar-refractivity contribution >= 4 is 5.91 Å². The fraction of sp³-hybridized carbons (Fsp3) is 0.533. The van der Waals surface area contributed by atoms with Crippen LogP contribution in [-0.4, -0.2) is 29.7 Å². The van der Waals surface area contributed by atoms with Gasteiger partial charge in [0.2, 0.25) is 5.91 Å². The highest BCUT2D eigenvalue weighted by Gasteiger charge is 2.19. The fourth-order valence-electron chi connectivity index (χ4n) is 1.81. The molecule has 0 bridgehead atoms. The van der Waals surface area contributed by atoms with Crippen molar-refractivity contribution in [2.75, 3.05) is 6.61 Å². The Labute approximate surface area is 115 Å². The first-order valence-electron chi connectivity index (χ1n) is 6.75. The van der Waals surface area contributed by atoms with Crippen LogP contribution >= 0.6 is 0 Å². The Kier molecular flexibility index (Phi) is 6.53. The van der Waals surface area contributed by atoms with E-state index >= 15 is 0 Å². The van der Waals surface area contributed by atoms with E-state index in [1.807, 2.05) is 44.2 Å². The van der Waals surface area contributed by atoms with Gasteiger partial charge in [-0.3, -0.25) is 4.79 Å². The Morgan fingerprint density at radius 3 is 2.47 bits per heavy atom. The van der Waals surface area contributed by atoms with Crippen LogP contribution in [0.2, 0.25) is 0 Å². The number of aryl methyl sites for hydroxylation is 1. The van der Waals surface area contributed by atoms with Gasteiger partial charge in [0, 0.05) is 0 Å². The van der Waals surface area contributed by atoms with Crippen molar-refractivity contribution in [1.82, 2.24) is 5.32 Å². The molecule has 1 amide bonds. The Bertz CT molecular complexity index is 379. The minimum atomic E-state index is -0.534. The zero-order valence-electron chi connectivity index (χ0n) is 11.7. The highest BCUT2D eigenvalue weighted by atomic mass is 16.3. The first kappa shape index (κ1) is 15.7. The van der Waals surface area contributed by atoms with Gasteiger partial charge in [0.1, 0.15) is 0 Å². The molecule has 0 aromatic heterocycles. The predicted molar refractivity (Wildman–Crippen MR) is 76.6 cm³/mol. The molecular formula is C15H24N2O2. The third kappa shape index (κ3) is 5.41. The summed E-state index contributed by atoms with van der Waals surface area (Å²) >= 11 is 0. The number of rotatable bonds is 7. The van der Waals surface area contributed by atoms with Crippen molar-refractivity contribution in [3.63, 3.8) is 0 Å². The number of carbonyl (C=O) groups excluding carboxylic acids is 1. The quantitative estimate of drug-likeness (QED) is 0.690. The lowest BCUT2D eigenvalue weighted by Crippen LogP contribution is -2.48. The zero-order chi connectivity index (χ0) is 14.3. The summed E-state index contributed by atoms with van der Waals surface area (Å²) in [6, 6.07) is 9.20. The summed E-state index contributed by atoms with van der Waals surface area (Å²) in [6.07, 6.45) is 1.38. The van der Waals surface area contributed by atoms with Crippen LogP contribution in [-0.2, 0) is 11.2 Å². The van der Waals surface area contributed by atoms with Crippen LogP contribution < -0.4 is 11.1 Å². The van der Waals surface area contributed by atoms with E-state index < -0.39 is 6.04 Å². The smallest absolute Gasteiger partial charge is 0.237 e. The summed E-state index contributed by atoms with van der Waals surface area (Å²) in [4.78, 5) is 11.9. The summed E-state index contributed by atoms with van der Waals surface area (Å²) < 4.78 is 0. The molecule has 0 radical (unpaired) electrons. The second-order valence-corrected chi connectivity index (χ2v) is 5.17. The minimum absolute atomic E-state index is 0.0607. The summed E-state index contributed by atoms with van der Waals surface area (Å²) in [5.41, 5.74) is 7.05. The number of benzene rings is 1. The molecule has 1 aromatic carbocycles. The monoisotopic (exact) mass is 264 g/mol. The summed E-state index contributed by atoms with van der Waals surface area (Å²) in [7, 11) is 0. The number of aliphatic hydroxyl groups is 1. The van der Waals surface area contributed by atoms with E-state index in [0.717, 1.165) is 6.42 Å². The molecular weight excluding hydrogens is 240 g/mol. The second kappa shape index (κ2) is 7.92. The van der Waals surface area contributed by atoms with E-state index in [1.54, 1.807) is 0 Å². The standard InChI is InChI=1S/C15H24N2O2/c1-11(2)14(10-18)17-15(19)13(16)9-8-12-6-4-3-5-7-12/h3-7,11,13-14,18H,8-10,16H2,1-2H3,(H,17,19). The van der Waals surface area contributed by atoms with Gasteiger partial charge in [0.15, 0.2) is 0 Å². The maximum absolute atomic E-state index is 11.9. The lowest BCUT2D eigenvalue weighted by molar-refractivity contribution is -0.123. The molecule has 4 heteroatoms. The average molecular weight is 264 g/mol. The molecule has 19 heavy (non-hydrogen) atoms. The normalized spacial score (nSPS) is 14.2. The van der Waals surface area contributed by atoms with Gasteiger partial charge in [0.05, 0.1) is 18.7 Å². The highest BCUT2D eigenvalue weighted by molar-refractivity contribution is 5.81. The van der Waals surface area contributed by atoms with Crippen LogP contribution in [0.1, 0.15) is 25.8 Å². The van der Waals surface area contributed by atoms with Crippen LogP contribution in [0.4, 0.5) is 0 Å². The molecule has 0 saturated heterocycles. The minimum Gasteiger partial charge on any atom is -0.394 e. The van der Waals surface area contributed by atoms with Crippen molar-refractivity contribution in [1.29, 1.82) is 0 Å². The zero-order valence-corrected chi connectivity index (χ0v) is 11.7. The van der Waals surface area contributed by atoms with Gasteiger partial charge < -0.3 is 16.2 Å². The van der Waals surface area contributed by atoms with Crippen molar-refractivity contribution in [2.24, 2.45) is 11.7 Å². The number of hydrogen-bond acceptors (Lipinski definition) is 3. The van der Waals surface area contributed by atoms with Gasteiger partial charge in [-0.2, -0.15) is 0 Å². The number of nitrogens with two attached hydrogens (primary N) is 1. The third-order valence-electron chi connectivity index (χ3n) is 3.25. The first-order chi connectivity index (χ1) is 9.04. The average Bonchev–Trinajstić information content (AvgIpc) is 2.42. The Hall–Kier alpha value is -1.39. The summed E-state index contributed by atoms with van der Waals surface area (Å²) in [6.45, 7) is 3.85. The maximum Gasteiger partial charge on any atom is 0.237 e. The van der Waals surface area contributed by atoms with Gasteiger partial charge in [0.25, 0.3) is 0 Å². The van der Waals surface area contributed by atoms with Gasteiger partial charge in [-0.25, -0.2) is 0 Å².